The van der Waals surface area contributed by atoms with Crippen molar-refractivity contribution < 1.29 is 0 Å². The standard InChI is InChI=1S/C9H11N.ClH/c10-6-8-5-7-3-1-2-4-9(7)8;/h1-4,8H,5-6,10H2;1H. The van der Waals surface area contributed by atoms with Gasteiger partial charge in [0.15, 0.2) is 0 Å². The van der Waals surface area contributed by atoms with Gasteiger partial charge in [-0.3, -0.25) is 0 Å². The summed E-state index contributed by atoms with van der Waals surface area (Å²) in [5.74, 6) is 0.649. The van der Waals surface area contributed by atoms with Gasteiger partial charge >= 0.3 is 0 Å². The zero-order valence-electron chi connectivity index (χ0n) is 6.29. The van der Waals surface area contributed by atoms with Crippen LogP contribution in [-0.2, 0) is 6.42 Å². The second kappa shape index (κ2) is 3.24. The molecule has 1 aliphatic carbocycles. The molecule has 1 nitrogen and oxygen atoms in total. The molecule has 0 amide bonds. The minimum absolute atomic E-state index is 0. The summed E-state index contributed by atoms with van der Waals surface area (Å²) in [5.41, 5.74) is 8.50. The molecule has 1 atom stereocenters. The van der Waals surface area contributed by atoms with Gasteiger partial charge in [-0.2, -0.15) is 0 Å². The molecule has 0 aromatic heterocycles. The third kappa shape index (κ3) is 1.26. The summed E-state index contributed by atoms with van der Waals surface area (Å²) in [4.78, 5) is 0. The molecule has 0 heterocycles. The van der Waals surface area contributed by atoms with Crippen LogP contribution in [0.4, 0.5) is 0 Å². The molecule has 0 saturated heterocycles. The molecule has 11 heavy (non-hydrogen) atoms. The van der Waals surface area contributed by atoms with Crippen molar-refractivity contribution in [1.29, 1.82) is 0 Å². The van der Waals surface area contributed by atoms with Crippen LogP contribution in [0.25, 0.3) is 0 Å². The smallest absolute Gasteiger partial charge is 0.000440 e. The second-order valence-corrected chi connectivity index (χ2v) is 2.84. The molecule has 60 valence electrons. The lowest BCUT2D eigenvalue weighted by Crippen LogP contribution is -2.24. The Balaban J connectivity index is 0.000000605. The van der Waals surface area contributed by atoms with Crippen LogP contribution < -0.4 is 5.73 Å². The van der Waals surface area contributed by atoms with Crippen LogP contribution in [0.1, 0.15) is 17.0 Å². The van der Waals surface area contributed by atoms with Crippen LogP contribution in [-0.4, -0.2) is 6.54 Å². The molecule has 2 N–H and O–H groups in total. The summed E-state index contributed by atoms with van der Waals surface area (Å²) in [5, 5.41) is 0. The summed E-state index contributed by atoms with van der Waals surface area (Å²) in [6, 6.07) is 8.53. The van der Waals surface area contributed by atoms with Gasteiger partial charge in [0.2, 0.25) is 0 Å². The maximum Gasteiger partial charge on any atom is 0.000440 e. The minimum atomic E-state index is 0. The Kier molecular flexibility index (Phi) is 2.53. The zero-order chi connectivity index (χ0) is 6.97. The van der Waals surface area contributed by atoms with Crippen LogP contribution in [0, 0.1) is 0 Å². The van der Waals surface area contributed by atoms with Gasteiger partial charge in [-0.05, 0) is 24.1 Å². The molecule has 1 aliphatic rings. The van der Waals surface area contributed by atoms with Crippen LogP contribution in [0.2, 0.25) is 0 Å². The Morgan fingerprint density at radius 3 is 2.73 bits per heavy atom. The van der Waals surface area contributed by atoms with E-state index in [-0.39, 0.29) is 12.4 Å². The Labute approximate surface area is 73.0 Å². The number of rotatable bonds is 1. The van der Waals surface area contributed by atoms with Crippen molar-refractivity contribution in [2.45, 2.75) is 12.3 Å². The van der Waals surface area contributed by atoms with Gasteiger partial charge in [-0.1, -0.05) is 24.3 Å². The fourth-order valence-electron chi connectivity index (χ4n) is 1.57. The maximum absolute atomic E-state index is 5.55. The molecule has 0 fully saturated rings. The van der Waals surface area contributed by atoms with E-state index in [4.69, 9.17) is 5.73 Å². The molecule has 1 aromatic rings. The lowest BCUT2D eigenvalue weighted by molar-refractivity contribution is 0.618. The highest BCUT2D eigenvalue weighted by Gasteiger charge is 2.22. The quantitative estimate of drug-likeness (QED) is 0.681. The largest absolute Gasteiger partial charge is 0.330 e. The molecule has 2 rings (SSSR count). The van der Waals surface area contributed by atoms with Gasteiger partial charge in [-0.25, -0.2) is 0 Å². The van der Waals surface area contributed by atoms with Crippen molar-refractivity contribution in [3.8, 4) is 0 Å². The molecule has 0 bridgehead atoms. The SMILES string of the molecule is Cl.NCC1Cc2ccccc21. The molecule has 0 aliphatic heterocycles. The number of nitrogens with two attached hydrogens (primary N) is 1. The minimum Gasteiger partial charge on any atom is -0.330 e. The van der Waals surface area contributed by atoms with Gasteiger partial charge in [0.1, 0.15) is 0 Å². The van der Waals surface area contributed by atoms with Crippen molar-refractivity contribution in [3.05, 3.63) is 35.4 Å². The van der Waals surface area contributed by atoms with E-state index < -0.39 is 0 Å². The molecule has 0 spiro atoms. The third-order valence-corrected chi connectivity index (χ3v) is 2.25. The van der Waals surface area contributed by atoms with E-state index in [1.165, 1.54) is 17.5 Å². The van der Waals surface area contributed by atoms with Gasteiger partial charge in [0.05, 0.1) is 0 Å². The normalized spacial score (nSPS) is 19.5. The number of benzene rings is 1. The van der Waals surface area contributed by atoms with E-state index in [1.54, 1.807) is 0 Å². The first-order chi connectivity index (χ1) is 4.92. The van der Waals surface area contributed by atoms with E-state index >= 15 is 0 Å². The van der Waals surface area contributed by atoms with Crippen molar-refractivity contribution in [2.75, 3.05) is 6.54 Å². The summed E-state index contributed by atoms with van der Waals surface area (Å²) in [7, 11) is 0. The van der Waals surface area contributed by atoms with Crippen molar-refractivity contribution >= 4 is 12.4 Å². The van der Waals surface area contributed by atoms with Gasteiger partial charge in [-0.15, -0.1) is 12.4 Å². The summed E-state index contributed by atoms with van der Waals surface area (Å²) in [6.45, 7) is 0.803. The number of hydrogen-bond acceptors (Lipinski definition) is 1. The topological polar surface area (TPSA) is 26.0 Å². The first kappa shape index (κ1) is 8.57. The Morgan fingerprint density at radius 1 is 1.36 bits per heavy atom. The highest BCUT2D eigenvalue weighted by atomic mass is 35.5. The van der Waals surface area contributed by atoms with Crippen LogP contribution in [0.3, 0.4) is 0 Å². The molecule has 0 saturated carbocycles. The summed E-state index contributed by atoms with van der Waals surface area (Å²) >= 11 is 0. The molecular weight excluding hydrogens is 158 g/mol. The average Bonchev–Trinajstić information content (AvgIpc) is 1.92. The number of halogens is 1. The van der Waals surface area contributed by atoms with Gasteiger partial charge in [0.25, 0.3) is 0 Å². The van der Waals surface area contributed by atoms with E-state index in [2.05, 4.69) is 24.3 Å². The zero-order valence-corrected chi connectivity index (χ0v) is 7.10. The first-order valence-corrected chi connectivity index (χ1v) is 3.69. The molecule has 1 aromatic carbocycles. The fourth-order valence-corrected chi connectivity index (χ4v) is 1.57. The highest BCUT2D eigenvalue weighted by molar-refractivity contribution is 5.85. The Morgan fingerprint density at radius 2 is 2.09 bits per heavy atom. The van der Waals surface area contributed by atoms with Gasteiger partial charge in [0, 0.05) is 5.92 Å². The molecule has 1 unspecified atom stereocenters. The van der Waals surface area contributed by atoms with Gasteiger partial charge < -0.3 is 5.73 Å². The number of hydrogen-bond donors (Lipinski definition) is 1. The van der Waals surface area contributed by atoms with E-state index in [0.29, 0.717) is 5.92 Å². The van der Waals surface area contributed by atoms with E-state index in [9.17, 15) is 0 Å². The lowest BCUT2D eigenvalue weighted by atomic mass is 9.78. The Hall–Kier alpha value is -0.530. The van der Waals surface area contributed by atoms with Crippen molar-refractivity contribution in [3.63, 3.8) is 0 Å². The summed E-state index contributed by atoms with van der Waals surface area (Å²) in [6.07, 6.45) is 1.19. The van der Waals surface area contributed by atoms with Crippen LogP contribution >= 0.6 is 12.4 Å². The van der Waals surface area contributed by atoms with E-state index in [0.717, 1.165) is 6.54 Å². The van der Waals surface area contributed by atoms with E-state index in [1.807, 2.05) is 0 Å². The third-order valence-electron chi connectivity index (χ3n) is 2.25. The number of fused-ring (bicyclic) bond motifs is 1. The van der Waals surface area contributed by atoms with Crippen molar-refractivity contribution in [1.82, 2.24) is 0 Å². The molecule has 2 heteroatoms. The van der Waals surface area contributed by atoms with Crippen molar-refractivity contribution in [2.24, 2.45) is 5.73 Å². The van der Waals surface area contributed by atoms with Crippen LogP contribution in [0.15, 0.2) is 24.3 Å². The Bertz CT molecular complexity index is 247. The molecular formula is C9H12ClN. The lowest BCUT2D eigenvalue weighted by Gasteiger charge is -2.28. The first-order valence-electron chi connectivity index (χ1n) is 3.69. The average molecular weight is 170 g/mol. The predicted octanol–water partition coefficient (Wildman–Crippen LogP) is 1.71. The van der Waals surface area contributed by atoms with Crippen LogP contribution in [0.5, 0.6) is 0 Å². The monoisotopic (exact) mass is 169 g/mol. The summed E-state index contributed by atoms with van der Waals surface area (Å²) < 4.78 is 0. The maximum atomic E-state index is 5.55. The molecule has 0 radical (unpaired) electrons. The highest BCUT2D eigenvalue weighted by Crippen LogP contribution is 2.33. The second-order valence-electron chi connectivity index (χ2n) is 2.84. The predicted molar refractivity (Wildman–Crippen MR) is 49.2 cm³/mol. The fraction of sp³-hybridized carbons (Fsp3) is 0.333.